The highest BCUT2D eigenvalue weighted by Gasteiger charge is 2.34. The summed E-state index contributed by atoms with van der Waals surface area (Å²) in [4.78, 5) is 52.8. The average molecular weight is 546 g/mol. The smallest absolute Gasteiger partial charge is 0.261 e. The number of aryl methyl sites for hydroxylation is 1. The van der Waals surface area contributed by atoms with Gasteiger partial charge in [-0.25, -0.2) is 8.78 Å². The van der Waals surface area contributed by atoms with Crippen molar-refractivity contribution in [2.45, 2.75) is 38.5 Å². The van der Waals surface area contributed by atoms with Crippen molar-refractivity contribution in [2.24, 2.45) is 0 Å². The Hall–Kier alpha value is -4.40. The maximum Gasteiger partial charge on any atom is 0.261 e. The molecular formula is C31H29F2N3O4. The standard InChI is InChI=1S/C31H29F2N3O4/c1-19-8-13-25(28(33)27(19)32)29(38)35-17-14-21(15-18-35)20-9-11-22(12-10-20)34-26(37)7-4-16-36-30(39)23-5-2-3-6-24(23)31(36)40/h2-3,5-6,8-13,21H,4,7,14-18H2,1H3,(H,34,37). The molecule has 0 bridgehead atoms. The number of amides is 4. The van der Waals surface area contributed by atoms with E-state index in [0.29, 0.717) is 49.2 Å². The van der Waals surface area contributed by atoms with Crippen LogP contribution < -0.4 is 5.32 Å². The van der Waals surface area contributed by atoms with Crippen molar-refractivity contribution in [3.63, 3.8) is 0 Å². The first kappa shape index (κ1) is 27.2. The van der Waals surface area contributed by atoms with Crippen LogP contribution in [0.25, 0.3) is 0 Å². The summed E-state index contributed by atoms with van der Waals surface area (Å²) in [5, 5.41) is 2.84. The lowest BCUT2D eigenvalue weighted by molar-refractivity contribution is -0.116. The van der Waals surface area contributed by atoms with Crippen LogP contribution in [0.1, 0.15) is 73.8 Å². The summed E-state index contributed by atoms with van der Waals surface area (Å²) in [6, 6.07) is 16.9. The maximum atomic E-state index is 14.3. The van der Waals surface area contributed by atoms with Crippen LogP contribution in [0, 0.1) is 18.6 Å². The number of halogens is 2. The van der Waals surface area contributed by atoms with Crippen LogP contribution in [-0.4, -0.2) is 53.1 Å². The van der Waals surface area contributed by atoms with Crippen LogP contribution in [0.15, 0.2) is 60.7 Å². The second-order valence-electron chi connectivity index (χ2n) is 10.2. The van der Waals surface area contributed by atoms with Gasteiger partial charge in [0, 0.05) is 31.7 Å². The molecule has 40 heavy (non-hydrogen) atoms. The molecule has 0 saturated carbocycles. The molecule has 1 N–H and O–H groups in total. The first-order chi connectivity index (χ1) is 19.2. The number of fused-ring (bicyclic) bond motifs is 1. The summed E-state index contributed by atoms with van der Waals surface area (Å²) >= 11 is 0. The molecule has 0 unspecified atom stereocenters. The molecule has 0 radical (unpaired) electrons. The minimum atomic E-state index is -1.10. The lowest BCUT2D eigenvalue weighted by Crippen LogP contribution is -2.38. The second kappa shape index (κ2) is 11.4. The molecule has 1 saturated heterocycles. The van der Waals surface area contributed by atoms with E-state index in [9.17, 15) is 28.0 Å². The van der Waals surface area contributed by atoms with Gasteiger partial charge in [-0.05, 0) is 73.6 Å². The van der Waals surface area contributed by atoms with Crippen molar-refractivity contribution >= 4 is 29.3 Å². The van der Waals surface area contributed by atoms with E-state index in [0.717, 1.165) is 5.56 Å². The summed E-state index contributed by atoms with van der Waals surface area (Å²) in [7, 11) is 0. The van der Waals surface area contributed by atoms with Crippen LogP contribution in [0.2, 0.25) is 0 Å². The number of rotatable bonds is 7. The third kappa shape index (κ3) is 5.36. The number of imide groups is 1. The Kier molecular flexibility index (Phi) is 7.73. The van der Waals surface area contributed by atoms with E-state index in [1.54, 1.807) is 29.2 Å². The highest BCUT2D eigenvalue weighted by Crippen LogP contribution is 2.30. The molecule has 0 aromatic heterocycles. The summed E-state index contributed by atoms with van der Waals surface area (Å²) < 4.78 is 28.2. The third-order valence-electron chi connectivity index (χ3n) is 7.62. The lowest BCUT2D eigenvalue weighted by Gasteiger charge is -2.32. The fraction of sp³-hybridized carbons (Fsp3) is 0.290. The zero-order chi connectivity index (χ0) is 28.4. The Labute approximate surface area is 230 Å². The monoisotopic (exact) mass is 545 g/mol. The molecule has 2 heterocycles. The maximum absolute atomic E-state index is 14.3. The zero-order valence-electron chi connectivity index (χ0n) is 22.1. The molecule has 2 aliphatic heterocycles. The van der Waals surface area contributed by atoms with E-state index < -0.39 is 17.5 Å². The van der Waals surface area contributed by atoms with Crippen LogP contribution in [0.3, 0.4) is 0 Å². The van der Waals surface area contributed by atoms with Gasteiger partial charge < -0.3 is 10.2 Å². The minimum absolute atomic E-state index is 0.160. The largest absolute Gasteiger partial charge is 0.339 e. The van der Waals surface area contributed by atoms with Crippen molar-refractivity contribution in [3.8, 4) is 0 Å². The number of benzene rings is 3. The normalized spacial score (nSPS) is 15.4. The van der Waals surface area contributed by atoms with E-state index >= 15 is 0 Å². The molecule has 2 aliphatic rings. The van der Waals surface area contributed by atoms with E-state index in [1.165, 1.54) is 24.0 Å². The fourth-order valence-electron chi connectivity index (χ4n) is 5.30. The highest BCUT2D eigenvalue weighted by molar-refractivity contribution is 6.21. The van der Waals surface area contributed by atoms with Crippen molar-refractivity contribution in [1.29, 1.82) is 0 Å². The van der Waals surface area contributed by atoms with Gasteiger partial charge in [0.1, 0.15) is 0 Å². The molecular weight excluding hydrogens is 516 g/mol. The third-order valence-corrected chi connectivity index (χ3v) is 7.62. The Balaban J connectivity index is 1.08. The quantitative estimate of drug-likeness (QED) is 0.408. The van der Waals surface area contributed by atoms with E-state index in [1.807, 2.05) is 24.3 Å². The van der Waals surface area contributed by atoms with Gasteiger partial charge in [-0.1, -0.05) is 30.3 Å². The Morgan fingerprint density at radius 2 is 1.50 bits per heavy atom. The van der Waals surface area contributed by atoms with E-state index in [2.05, 4.69) is 5.32 Å². The van der Waals surface area contributed by atoms with Gasteiger partial charge in [-0.15, -0.1) is 0 Å². The van der Waals surface area contributed by atoms with Crippen LogP contribution in [-0.2, 0) is 4.79 Å². The highest BCUT2D eigenvalue weighted by atomic mass is 19.2. The van der Waals surface area contributed by atoms with Gasteiger partial charge in [0.25, 0.3) is 17.7 Å². The molecule has 0 spiro atoms. The molecule has 4 amide bonds. The molecule has 1 fully saturated rings. The zero-order valence-corrected chi connectivity index (χ0v) is 22.1. The van der Waals surface area contributed by atoms with Gasteiger partial charge in [-0.2, -0.15) is 0 Å². The molecule has 0 aliphatic carbocycles. The number of hydrogen-bond acceptors (Lipinski definition) is 4. The van der Waals surface area contributed by atoms with Crippen LogP contribution >= 0.6 is 0 Å². The molecule has 9 heteroatoms. The number of hydrogen-bond donors (Lipinski definition) is 1. The molecule has 3 aromatic carbocycles. The SMILES string of the molecule is Cc1ccc(C(=O)N2CCC(c3ccc(NC(=O)CCCN4C(=O)c5ccccc5C4=O)cc3)CC2)c(F)c1F. The van der Waals surface area contributed by atoms with E-state index in [4.69, 9.17) is 0 Å². The summed E-state index contributed by atoms with van der Waals surface area (Å²) in [5.74, 6) is -3.27. The van der Waals surface area contributed by atoms with Crippen LogP contribution in [0.5, 0.6) is 0 Å². The van der Waals surface area contributed by atoms with Gasteiger partial charge in [-0.3, -0.25) is 24.1 Å². The van der Waals surface area contributed by atoms with Gasteiger partial charge in [0.05, 0.1) is 16.7 Å². The number of anilines is 1. The van der Waals surface area contributed by atoms with Crippen molar-refractivity contribution < 1.29 is 28.0 Å². The van der Waals surface area contributed by atoms with Gasteiger partial charge in [0.15, 0.2) is 11.6 Å². The summed E-state index contributed by atoms with van der Waals surface area (Å²) in [5.41, 5.74) is 2.41. The predicted molar refractivity (Wildman–Crippen MR) is 145 cm³/mol. The number of nitrogens with one attached hydrogen (secondary N) is 1. The van der Waals surface area contributed by atoms with Crippen LogP contribution in [0.4, 0.5) is 14.5 Å². The van der Waals surface area contributed by atoms with Crippen molar-refractivity contribution in [2.75, 3.05) is 25.0 Å². The Morgan fingerprint density at radius 3 is 2.12 bits per heavy atom. The van der Waals surface area contributed by atoms with E-state index in [-0.39, 0.29) is 47.7 Å². The first-order valence-electron chi connectivity index (χ1n) is 13.3. The summed E-state index contributed by atoms with van der Waals surface area (Å²) in [6.45, 7) is 2.50. The molecule has 206 valence electrons. The number of nitrogens with zero attached hydrogens (tertiary/aromatic N) is 2. The fourth-order valence-corrected chi connectivity index (χ4v) is 5.30. The molecule has 5 rings (SSSR count). The molecule has 3 aromatic rings. The average Bonchev–Trinajstić information content (AvgIpc) is 3.21. The number of carbonyl (C=O) groups is 4. The second-order valence-corrected chi connectivity index (χ2v) is 10.2. The van der Waals surface area contributed by atoms with Crippen molar-refractivity contribution in [3.05, 3.63) is 100 Å². The number of likely N-dealkylation sites (tertiary alicyclic amines) is 1. The molecule has 7 nitrogen and oxygen atoms in total. The Bertz CT molecular complexity index is 1450. The Morgan fingerprint density at radius 1 is 0.875 bits per heavy atom. The lowest BCUT2D eigenvalue weighted by atomic mass is 9.89. The van der Waals surface area contributed by atoms with Gasteiger partial charge >= 0.3 is 0 Å². The predicted octanol–water partition coefficient (Wildman–Crippen LogP) is 5.31. The van der Waals surface area contributed by atoms with Gasteiger partial charge in [0.2, 0.25) is 5.91 Å². The number of piperidine rings is 1. The minimum Gasteiger partial charge on any atom is -0.339 e. The topological polar surface area (TPSA) is 86.8 Å². The van der Waals surface area contributed by atoms with Crippen molar-refractivity contribution in [1.82, 2.24) is 9.80 Å². The number of carbonyl (C=O) groups excluding carboxylic acids is 4. The first-order valence-corrected chi connectivity index (χ1v) is 13.3. The molecule has 0 atom stereocenters. The summed E-state index contributed by atoms with van der Waals surface area (Å²) in [6.07, 6.45) is 1.88.